The largest absolute Gasteiger partial charge is 0.335 e. The zero-order valence-electron chi connectivity index (χ0n) is 14.3. The number of amides is 3. The summed E-state index contributed by atoms with van der Waals surface area (Å²) in [5.41, 5.74) is 1.54. The van der Waals surface area contributed by atoms with Crippen molar-refractivity contribution in [1.82, 2.24) is 9.80 Å². The van der Waals surface area contributed by atoms with E-state index < -0.39 is 0 Å². The fourth-order valence-electron chi connectivity index (χ4n) is 3.08. The molecule has 0 bridgehead atoms. The molecule has 5 nitrogen and oxygen atoms in total. The van der Waals surface area contributed by atoms with Gasteiger partial charge in [-0.15, -0.1) is 0 Å². The van der Waals surface area contributed by atoms with Gasteiger partial charge in [-0.2, -0.15) is 0 Å². The fourth-order valence-corrected chi connectivity index (χ4v) is 3.08. The molecule has 0 unspecified atom stereocenters. The number of carbonyl (C=O) groups is 3. The molecule has 1 aromatic carbocycles. The Balaban J connectivity index is 1.68. The Morgan fingerprint density at radius 2 is 1.71 bits per heavy atom. The highest BCUT2D eigenvalue weighted by Gasteiger charge is 2.33. The summed E-state index contributed by atoms with van der Waals surface area (Å²) in [4.78, 5) is 39.4. The predicted molar refractivity (Wildman–Crippen MR) is 90.1 cm³/mol. The average Bonchev–Trinajstić information content (AvgIpc) is 3.35. The number of carbonyl (C=O) groups excluding carboxylic acids is 3. The Kier molecular flexibility index (Phi) is 4.69. The van der Waals surface area contributed by atoms with Crippen LogP contribution in [0.25, 0.3) is 0 Å². The van der Waals surface area contributed by atoms with Crippen LogP contribution in [0.1, 0.15) is 55.5 Å². The molecule has 2 fully saturated rings. The van der Waals surface area contributed by atoms with Gasteiger partial charge in [0.05, 0.1) is 6.54 Å². The first-order valence-corrected chi connectivity index (χ1v) is 8.69. The molecule has 2 aliphatic rings. The molecule has 0 N–H and O–H groups in total. The quantitative estimate of drug-likeness (QED) is 0.754. The SMILES string of the molecule is CC(C)CN(C(=O)c1ccc(CN2C(=O)CCC2=O)cc1)C1CC1. The van der Waals surface area contributed by atoms with Gasteiger partial charge in [-0.25, -0.2) is 0 Å². The van der Waals surface area contributed by atoms with E-state index in [9.17, 15) is 14.4 Å². The number of likely N-dealkylation sites (tertiary alicyclic amines) is 1. The molecule has 3 amide bonds. The number of nitrogens with zero attached hydrogens (tertiary/aromatic N) is 2. The smallest absolute Gasteiger partial charge is 0.254 e. The standard InChI is InChI=1S/C19H24N2O3/c1-13(2)11-20(16-7-8-16)19(24)15-5-3-14(4-6-15)12-21-17(22)9-10-18(21)23/h3-6,13,16H,7-12H2,1-2H3. The maximum Gasteiger partial charge on any atom is 0.254 e. The normalized spacial score (nSPS) is 17.7. The molecule has 24 heavy (non-hydrogen) atoms. The van der Waals surface area contributed by atoms with E-state index in [1.54, 1.807) is 12.1 Å². The van der Waals surface area contributed by atoms with Crippen LogP contribution in [0.15, 0.2) is 24.3 Å². The van der Waals surface area contributed by atoms with Crippen molar-refractivity contribution in [3.63, 3.8) is 0 Å². The third kappa shape index (κ3) is 3.66. The van der Waals surface area contributed by atoms with E-state index in [4.69, 9.17) is 0 Å². The van der Waals surface area contributed by atoms with E-state index in [2.05, 4.69) is 13.8 Å². The predicted octanol–water partition coefficient (Wildman–Crippen LogP) is 2.60. The van der Waals surface area contributed by atoms with Crippen molar-refractivity contribution in [2.75, 3.05) is 6.54 Å². The Bertz CT molecular complexity index is 631. The average molecular weight is 328 g/mol. The number of imide groups is 1. The van der Waals surface area contributed by atoms with Gasteiger partial charge in [0.2, 0.25) is 11.8 Å². The third-order valence-corrected chi connectivity index (χ3v) is 4.51. The number of rotatable bonds is 6. The van der Waals surface area contributed by atoms with Crippen molar-refractivity contribution in [3.8, 4) is 0 Å². The molecular formula is C19H24N2O3. The number of hydrogen-bond donors (Lipinski definition) is 0. The molecule has 1 saturated carbocycles. The fraction of sp³-hybridized carbons (Fsp3) is 0.526. The molecule has 1 aliphatic carbocycles. The van der Waals surface area contributed by atoms with Crippen molar-refractivity contribution < 1.29 is 14.4 Å². The van der Waals surface area contributed by atoms with E-state index in [1.807, 2.05) is 17.0 Å². The zero-order chi connectivity index (χ0) is 17.3. The first-order valence-electron chi connectivity index (χ1n) is 8.69. The summed E-state index contributed by atoms with van der Waals surface area (Å²) in [6.45, 7) is 5.32. The minimum absolute atomic E-state index is 0.0751. The van der Waals surface area contributed by atoms with Crippen LogP contribution >= 0.6 is 0 Å². The van der Waals surface area contributed by atoms with Gasteiger partial charge >= 0.3 is 0 Å². The van der Waals surface area contributed by atoms with Crippen LogP contribution in [0, 0.1) is 5.92 Å². The lowest BCUT2D eigenvalue weighted by molar-refractivity contribution is -0.139. The Hall–Kier alpha value is -2.17. The highest BCUT2D eigenvalue weighted by molar-refractivity contribution is 6.01. The van der Waals surface area contributed by atoms with Crippen LogP contribution in [0.3, 0.4) is 0 Å². The van der Waals surface area contributed by atoms with Crippen molar-refractivity contribution in [1.29, 1.82) is 0 Å². The van der Waals surface area contributed by atoms with E-state index in [0.717, 1.165) is 24.9 Å². The first-order chi connectivity index (χ1) is 11.5. The lowest BCUT2D eigenvalue weighted by Crippen LogP contribution is -2.36. The number of hydrogen-bond acceptors (Lipinski definition) is 3. The zero-order valence-corrected chi connectivity index (χ0v) is 14.3. The molecular weight excluding hydrogens is 304 g/mol. The minimum atomic E-state index is -0.114. The minimum Gasteiger partial charge on any atom is -0.335 e. The monoisotopic (exact) mass is 328 g/mol. The highest BCUT2D eigenvalue weighted by Crippen LogP contribution is 2.29. The lowest BCUT2D eigenvalue weighted by atomic mass is 10.1. The lowest BCUT2D eigenvalue weighted by Gasteiger charge is -2.24. The van der Waals surface area contributed by atoms with Crippen LogP contribution in [-0.2, 0) is 16.1 Å². The molecule has 1 heterocycles. The molecule has 0 aromatic heterocycles. The van der Waals surface area contributed by atoms with Gasteiger partial charge in [0.1, 0.15) is 0 Å². The Morgan fingerprint density at radius 1 is 1.12 bits per heavy atom. The van der Waals surface area contributed by atoms with Gasteiger partial charge in [0, 0.05) is 31.0 Å². The second-order valence-corrected chi connectivity index (χ2v) is 7.15. The summed E-state index contributed by atoms with van der Waals surface area (Å²) in [5, 5.41) is 0. The van der Waals surface area contributed by atoms with Crippen molar-refractivity contribution in [2.45, 2.75) is 52.1 Å². The summed E-state index contributed by atoms with van der Waals surface area (Å²) in [6.07, 6.45) is 2.80. The Labute approximate surface area is 142 Å². The Morgan fingerprint density at radius 3 is 2.21 bits per heavy atom. The van der Waals surface area contributed by atoms with E-state index >= 15 is 0 Å². The molecule has 0 radical (unpaired) electrons. The van der Waals surface area contributed by atoms with Crippen LogP contribution < -0.4 is 0 Å². The van der Waals surface area contributed by atoms with Gasteiger partial charge in [0.25, 0.3) is 5.91 Å². The second-order valence-electron chi connectivity index (χ2n) is 7.15. The second kappa shape index (κ2) is 6.75. The molecule has 0 spiro atoms. The van der Waals surface area contributed by atoms with Gasteiger partial charge in [-0.3, -0.25) is 19.3 Å². The summed E-state index contributed by atoms with van der Waals surface area (Å²) < 4.78 is 0. The van der Waals surface area contributed by atoms with Gasteiger partial charge in [-0.1, -0.05) is 26.0 Å². The first kappa shape index (κ1) is 16.7. The van der Waals surface area contributed by atoms with Crippen LogP contribution in [-0.4, -0.2) is 40.1 Å². The van der Waals surface area contributed by atoms with Gasteiger partial charge in [-0.05, 0) is 36.5 Å². The molecule has 5 heteroatoms. The molecule has 1 aromatic rings. The molecule has 1 saturated heterocycles. The van der Waals surface area contributed by atoms with Crippen molar-refractivity contribution in [2.24, 2.45) is 5.92 Å². The van der Waals surface area contributed by atoms with E-state index in [-0.39, 0.29) is 17.7 Å². The number of benzene rings is 1. The van der Waals surface area contributed by atoms with Gasteiger partial charge in [0.15, 0.2) is 0 Å². The van der Waals surface area contributed by atoms with Gasteiger partial charge < -0.3 is 4.90 Å². The third-order valence-electron chi connectivity index (χ3n) is 4.51. The maximum absolute atomic E-state index is 12.7. The maximum atomic E-state index is 12.7. The highest BCUT2D eigenvalue weighted by atomic mass is 16.2. The van der Waals surface area contributed by atoms with Crippen molar-refractivity contribution >= 4 is 17.7 Å². The molecule has 1 aliphatic heterocycles. The summed E-state index contributed by atoms with van der Waals surface area (Å²) in [6, 6.07) is 7.68. The summed E-state index contributed by atoms with van der Waals surface area (Å²) in [7, 11) is 0. The summed E-state index contributed by atoms with van der Waals surface area (Å²) in [5.74, 6) is 0.293. The van der Waals surface area contributed by atoms with Crippen LogP contribution in [0.5, 0.6) is 0 Å². The molecule has 128 valence electrons. The van der Waals surface area contributed by atoms with Crippen LogP contribution in [0.2, 0.25) is 0 Å². The van der Waals surface area contributed by atoms with E-state index in [0.29, 0.717) is 36.9 Å². The molecule has 0 atom stereocenters. The summed E-state index contributed by atoms with van der Waals surface area (Å²) >= 11 is 0. The topological polar surface area (TPSA) is 57.7 Å². The van der Waals surface area contributed by atoms with E-state index in [1.165, 1.54) is 4.90 Å². The van der Waals surface area contributed by atoms with Crippen LogP contribution in [0.4, 0.5) is 0 Å². The van der Waals surface area contributed by atoms with Crippen molar-refractivity contribution in [3.05, 3.63) is 35.4 Å². The molecule has 3 rings (SSSR count).